The zero-order valence-electron chi connectivity index (χ0n) is 12.7. The number of anilines is 1. The molecule has 0 spiro atoms. The molecule has 1 aromatic carbocycles. The van der Waals surface area contributed by atoms with Gasteiger partial charge in [0.2, 0.25) is 0 Å². The van der Waals surface area contributed by atoms with Crippen LogP contribution in [0.25, 0.3) is 5.65 Å². The number of carbonyl (C=O) groups excluding carboxylic acids is 1. The van der Waals surface area contributed by atoms with E-state index in [9.17, 15) is 4.79 Å². The number of carbonyl (C=O) groups is 1. The molecule has 0 aliphatic carbocycles. The molecule has 7 heteroatoms. The van der Waals surface area contributed by atoms with Crippen LogP contribution in [-0.4, -0.2) is 34.3 Å². The highest BCUT2D eigenvalue weighted by Gasteiger charge is 2.06. The van der Waals surface area contributed by atoms with Gasteiger partial charge in [0.15, 0.2) is 5.65 Å². The van der Waals surface area contributed by atoms with E-state index in [1.807, 2.05) is 28.8 Å². The lowest BCUT2D eigenvalue weighted by atomic mass is 10.3. The smallest absolute Gasteiger partial charge is 0.319 e. The Bertz CT molecular complexity index is 798. The lowest BCUT2D eigenvalue weighted by Gasteiger charge is -2.08. The van der Waals surface area contributed by atoms with Crippen molar-refractivity contribution in [3.63, 3.8) is 0 Å². The second kappa shape index (κ2) is 6.78. The standard InChI is InChI=1S/C16H17N5O2/c1-23-13-7-5-12(6-8-13)18-16(22)17-10-9-15-20-19-14-4-2-3-11-21(14)15/h2-8,11H,9-10H2,1H3,(H2,17,18,22). The van der Waals surface area contributed by atoms with Crippen molar-refractivity contribution in [1.29, 1.82) is 0 Å². The summed E-state index contributed by atoms with van der Waals surface area (Å²) in [5.41, 5.74) is 1.50. The number of pyridine rings is 1. The Balaban J connectivity index is 1.51. The molecule has 0 unspecified atom stereocenters. The Morgan fingerprint density at radius 1 is 1.17 bits per heavy atom. The van der Waals surface area contributed by atoms with E-state index in [1.54, 1.807) is 31.4 Å². The van der Waals surface area contributed by atoms with Gasteiger partial charge in [-0.25, -0.2) is 4.79 Å². The van der Waals surface area contributed by atoms with Crippen molar-refractivity contribution in [2.45, 2.75) is 6.42 Å². The quantitative estimate of drug-likeness (QED) is 0.756. The number of ether oxygens (including phenoxy) is 1. The van der Waals surface area contributed by atoms with Crippen molar-refractivity contribution in [1.82, 2.24) is 19.9 Å². The number of urea groups is 1. The van der Waals surface area contributed by atoms with Gasteiger partial charge in [-0.15, -0.1) is 10.2 Å². The van der Waals surface area contributed by atoms with E-state index in [0.29, 0.717) is 18.7 Å². The van der Waals surface area contributed by atoms with Gasteiger partial charge in [-0.1, -0.05) is 6.07 Å². The normalized spacial score (nSPS) is 10.5. The van der Waals surface area contributed by atoms with Crippen LogP contribution in [0.3, 0.4) is 0 Å². The number of rotatable bonds is 5. The molecule has 2 aromatic heterocycles. The Hall–Kier alpha value is -3.09. The van der Waals surface area contributed by atoms with E-state index in [-0.39, 0.29) is 6.03 Å². The van der Waals surface area contributed by atoms with E-state index in [0.717, 1.165) is 17.2 Å². The number of nitrogens with one attached hydrogen (secondary N) is 2. The van der Waals surface area contributed by atoms with Gasteiger partial charge in [-0.05, 0) is 36.4 Å². The number of hydrogen-bond acceptors (Lipinski definition) is 4. The van der Waals surface area contributed by atoms with E-state index in [1.165, 1.54) is 0 Å². The molecular weight excluding hydrogens is 294 g/mol. The largest absolute Gasteiger partial charge is 0.497 e. The lowest BCUT2D eigenvalue weighted by molar-refractivity contribution is 0.252. The minimum absolute atomic E-state index is 0.260. The summed E-state index contributed by atoms with van der Waals surface area (Å²) in [5.74, 6) is 1.56. The van der Waals surface area contributed by atoms with Gasteiger partial charge >= 0.3 is 6.03 Å². The highest BCUT2D eigenvalue weighted by molar-refractivity contribution is 5.89. The first-order chi connectivity index (χ1) is 11.3. The molecule has 0 atom stereocenters. The average Bonchev–Trinajstić information content (AvgIpc) is 2.99. The molecule has 2 amide bonds. The van der Waals surface area contributed by atoms with Crippen LogP contribution < -0.4 is 15.4 Å². The van der Waals surface area contributed by atoms with Crippen molar-refractivity contribution < 1.29 is 9.53 Å². The molecule has 0 saturated carbocycles. The highest BCUT2D eigenvalue weighted by Crippen LogP contribution is 2.14. The van der Waals surface area contributed by atoms with Crippen LogP contribution in [0.1, 0.15) is 5.82 Å². The summed E-state index contributed by atoms with van der Waals surface area (Å²) in [4.78, 5) is 11.9. The molecule has 118 valence electrons. The summed E-state index contributed by atoms with van der Waals surface area (Å²) in [6, 6.07) is 12.6. The van der Waals surface area contributed by atoms with Crippen LogP contribution in [0, 0.1) is 0 Å². The van der Waals surface area contributed by atoms with Crippen molar-refractivity contribution in [3.8, 4) is 5.75 Å². The summed E-state index contributed by atoms with van der Waals surface area (Å²) in [6.07, 6.45) is 2.50. The molecule has 3 aromatic rings. The van der Waals surface area contributed by atoms with E-state index >= 15 is 0 Å². The van der Waals surface area contributed by atoms with Crippen LogP contribution in [0.4, 0.5) is 10.5 Å². The fourth-order valence-electron chi connectivity index (χ4n) is 2.20. The van der Waals surface area contributed by atoms with Gasteiger partial charge in [0.05, 0.1) is 7.11 Å². The van der Waals surface area contributed by atoms with Gasteiger partial charge in [-0.2, -0.15) is 0 Å². The van der Waals surface area contributed by atoms with Crippen LogP contribution in [0.5, 0.6) is 5.75 Å². The minimum Gasteiger partial charge on any atom is -0.497 e. The first-order valence-corrected chi connectivity index (χ1v) is 7.24. The summed E-state index contributed by atoms with van der Waals surface area (Å²) in [5, 5.41) is 13.8. The lowest BCUT2D eigenvalue weighted by Crippen LogP contribution is -2.30. The number of nitrogens with zero attached hydrogens (tertiary/aromatic N) is 3. The van der Waals surface area contributed by atoms with Crippen LogP contribution >= 0.6 is 0 Å². The zero-order valence-corrected chi connectivity index (χ0v) is 12.7. The van der Waals surface area contributed by atoms with Gasteiger partial charge in [-0.3, -0.25) is 4.40 Å². The fraction of sp³-hybridized carbons (Fsp3) is 0.188. The molecular formula is C16H17N5O2. The summed E-state index contributed by atoms with van der Waals surface area (Å²) in [7, 11) is 1.60. The summed E-state index contributed by atoms with van der Waals surface area (Å²) in [6.45, 7) is 0.470. The first-order valence-electron chi connectivity index (χ1n) is 7.24. The molecule has 2 N–H and O–H groups in total. The molecule has 0 aliphatic heterocycles. The van der Waals surface area contributed by atoms with Gasteiger partial charge in [0, 0.05) is 24.8 Å². The van der Waals surface area contributed by atoms with Crippen LogP contribution in [0.2, 0.25) is 0 Å². The van der Waals surface area contributed by atoms with Crippen molar-refractivity contribution in [2.75, 3.05) is 19.0 Å². The average molecular weight is 311 g/mol. The predicted octanol–water partition coefficient (Wildman–Crippen LogP) is 2.10. The SMILES string of the molecule is COc1ccc(NC(=O)NCCc2nnc3ccccn23)cc1. The number of amides is 2. The fourth-order valence-corrected chi connectivity index (χ4v) is 2.20. The molecule has 0 fully saturated rings. The highest BCUT2D eigenvalue weighted by atomic mass is 16.5. The monoisotopic (exact) mass is 311 g/mol. The first kappa shape index (κ1) is 14.8. The molecule has 0 bridgehead atoms. The Kier molecular flexibility index (Phi) is 4.37. The Labute approximate surface area is 133 Å². The van der Waals surface area contributed by atoms with Gasteiger partial charge < -0.3 is 15.4 Å². The number of hydrogen-bond donors (Lipinski definition) is 2. The molecule has 3 rings (SSSR count). The topological polar surface area (TPSA) is 80.5 Å². The van der Waals surface area contributed by atoms with Gasteiger partial charge in [0.1, 0.15) is 11.6 Å². The zero-order chi connectivity index (χ0) is 16.1. The van der Waals surface area contributed by atoms with Crippen LogP contribution in [0.15, 0.2) is 48.7 Å². The van der Waals surface area contributed by atoms with Crippen molar-refractivity contribution in [3.05, 3.63) is 54.5 Å². The third-order valence-corrected chi connectivity index (χ3v) is 3.37. The molecule has 2 heterocycles. The molecule has 0 aliphatic rings. The maximum atomic E-state index is 11.9. The molecule has 0 radical (unpaired) electrons. The van der Waals surface area contributed by atoms with Crippen molar-refractivity contribution in [2.24, 2.45) is 0 Å². The van der Waals surface area contributed by atoms with E-state index in [2.05, 4.69) is 20.8 Å². The molecule has 23 heavy (non-hydrogen) atoms. The number of benzene rings is 1. The van der Waals surface area contributed by atoms with E-state index in [4.69, 9.17) is 4.74 Å². The number of fused-ring (bicyclic) bond motifs is 1. The van der Waals surface area contributed by atoms with Crippen molar-refractivity contribution >= 4 is 17.4 Å². The maximum Gasteiger partial charge on any atom is 0.319 e. The second-order valence-electron chi connectivity index (χ2n) is 4.90. The maximum absolute atomic E-state index is 11.9. The van der Waals surface area contributed by atoms with E-state index < -0.39 is 0 Å². The van der Waals surface area contributed by atoms with Gasteiger partial charge in [0.25, 0.3) is 0 Å². The molecule has 0 saturated heterocycles. The molecule has 7 nitrogen and oxygen atoms in total. The minimum atomic E-state index is -0.260. The third-order valence-electron chi connectivity index (χ3n) is 3.37. The number of methoxy groups -OCH3 is 1. The number of aromatic nitrogens is 3. The summed E-state index contributed by atoms with van der Waals surface area (Å²) < 4.78 is 6.98. The Morgan fingerprint density at radius 3 is 2.78 bits per heavy atom. The summed E-state index contributed by atoms with van der Waals surface area (Å²) >= 11 is 0. The Morgan fingerprint density at radius 2 is 2.00 bits per heavy atom. The third kappa shape index (κ3) is 3.57. The second-order valence-corrected chi connectivity index (χ2v) is 4.90. The predicted molar refractivity (Wildman–Crippen MR) is 86.7 cm³/mol. The van der Waals surface area contributed by atoms with Crippen LogP contribution in [-0.2, 0) is 6.42 Å².